The van der Waals surface area contributed by atoms with Gasteiger partial charge >= 0.3 is 0 Å². The van der Waals surface area contributed by atoms with Crippen molar-refractivity contribution in [3.63, 3.8) is 0 Å². The first kappa shape index (κ1) is 13.5. The minimum Gasteiger partial charge on any atom is -0.339 e. The summed E-state index contributed by atoms with van der Waals surface area (Å²) in [6.45, 7) is 0.898. The summed E-state index contributed by atoms with van der Waals surface area (Å²) in [5.41, 5.74) is 0. The molecule has 1 aliphatic rings. The summed E-state index contributed by atoms with van der Waals surface area (Å²) in [5, 5.41) is 6.58. The molecule has 1 aliphatic heterocycles. The van der Waals surface area contributed by atoms with Crippen LogP contribution < -0.4 is 5.32 Å². The number of aryl methyl sites for hydroxylation is 1. The largest absolute Gasteiger partial charge is 0.339 e. The van der Waals surface area contributed by atoms with Crippen LogP contribution in [0, 0.1) is 0 Å². The highest BCUT2D eigenvalue weighted by Gasteiger charge is 2.32. The molecule has 1 aromatic rings. The summed E-state index contributed by atoms with van der Waals surface area (Å²) in [6.07, 6.45) is 3.51. The maximum absolute atomic E-state index is 11.7. The van der Waals surface area contributed by atoms with E-state index in [2.05, 4.69) is 15.5 Å². The lowest BCUT2D eigenvalue weighted by atomic mass is 10.2. The van der Waals surface area contributed by atoms with Crippen LogP contribution in [0.2, 0.25) is 0 Å². The molecule has 0 aliphatic carbocycles. The lowest BCUT2D eigenvalue weighted by Gasteiger charge is -2.04. The van der Waals surface area contributed by atoms with Crippen LogP contribution in [0.3, 0.4) is 0 Å². The Morgan fingerprint density at radius 3 is 3.00 bits per heavy atom. The van der Waals surface area contributed by atoms with E-state index in [1.165, 1.54) is 0 Å². The highest BCUT2D eigenvalue weighted by atomic mass is 32.2. The van der Waals surface area contributed by atoms with Crippen molar-refractivity contribution in [3.05, 3.63) is 11.7 Å². The van der Waals surface area contributed by atoms with Gasteiger partial charge in [0.2, 0.25) is 5.89 Å². The van der Waals surface area contributed by atoms with Crippen LogP contribution >= 0.6 is 0 Å². The molecule has 2 rings (SSSR count). The Morgan fingerprint density at radius 1 is 1.50 bits per heavy atom. The van der Waals surface area contributed by atoms with Crippen molar-refractivity contribution < 1.29 is 12.9 Å². The van der Waals surface area contributed by atoms with Crippen LogP contribution in [-0.2, 0) is 22.7 Å². The zero-order valence-electron chi connectivity index (χ0n) is 10.6. The predicted octanol–water partition coefficient (Wildman–Crippen LogP) is 0.341. The number of aromatic nitrogens is 2. The molecule has 18 heavy (non-hydrogen) atoms. The first-order valence-electron chi connectivity index (χ1n) is 6.29. The van der Waals surface area contributed by atoms with Gasteiger partial charge in [0.1, 0.15) is 0 Å². The summed E-state index contributed by atoms with van der Waals surface area (Å²) in [5.74, 6) is 1.41. The third-order valence-electron chi connectivity index (χ3n) is 3.20. The van der Waals surface area contributed by atoms with Gasteiger partial charge in [0.25, 0.3) is 0 Å². The average molecular weight is 273 g/mol. The summed E-state index contributed by atoms with van der Waals surface area (Å²) >= 11 is 0. The third kappa shape index (κ3) is 3.29. The van der Waals surface area contributed by atoms with Crippen molar-refractivity contribution in [3.8, 4) is 0 Å². The molecule has 7 heteroatoms. The van der Waals surface area contributed by atoms with Gasteiger partial charge in [-0.3, -0.25) is 0 Å². The van der Waals surface area contributed by atoms with Crippen molar-refractivity contribution in [2.45, 2.75) is 37.4 Å². The monoisotopic (exact) mass is 273 g/mol. The van der Waals surface area contributed by atoms with Crippen molar-refractivity contribution in [2.75, 3.05) is 19.3 Å². The highest BCUT2D eigenvalue weighted by molar-refractivity contribution is 7.92. The molecule has 6 nitrogen and oxygen atoms in total. The molecule has 2 heterocycles. The lowest BCUT2D eigenvalue weighted by molar-refractivity contribution is 0.369. The predicted molar refractivity (Wildman–Crippen MR) is 67.1 cm³/mol. The molecule has 0 aromatic carbocycles. The molecule has 1 aromatic heterocycles. The van der Waals surface area contributed by atoms with Crippen LogP contribution in [0.1, 0.15) is 31.0 Å². The molecule has 0 radical (unpaired) electrons. The number of rotatable bonds is 6. The minimum absolute atomic E-state index is 0.296. The molecule has 0 bridgehead atoms. The van der Waals surface area contributed by atoms with Crippen LogP contribution in [0.5, 0.6) is 0 Å². The Kier molecular flexibility index (Phi) is 4.34. The Hall–Kier alpha value is -0.950. The smallest absolute Gasteiger partial charge is 0.226 e. The van der Waals surface area contributed by atoms with E-state index in [0.717, 1.165) is 25.8 Å². The van der Waals surface area contributed by atoms with E-state index in [1.807, 2.05) is 7.05 Å². The van der Waals surface area contributed by atoms with E-state index >= 15 is 0 Å². The van der Waals surface area contributed by atoms with E-state index < -0.39 is 9.84 Å². The van der Waals surface area contributed by atoms with Gasteiger partial charge < -0.3 is 9.84 Å². The first-order valence-corrected chi connectivity index (χ1v) is 8.01. The van der Waals surface area contributed by atoms with Crippen LogP contribution in [0.15, 0.2) is 4.52 Å². The fourth-order valence-corrected chi connectivity index (χ4v) is 4.01. The molecular formula is C11H19N3O3S. The minimum atomic E-state index is -2.93. The number of hydrogen-bond acceptors (Lipinski definition) is 6. The maximum atomic E-state index is 11.7. The van der Waals surface area contributed by atoms with Crippen LogP contribution in [-0.4, -0.2) is 43.2 Å². The molecule has 0 spiro atoms. The molecule has 102 valence electrons. The molecule has 1 fully saturated rings. The molecule has 1 saturated heterocycles. The molecule has 0 amide bonds. The SMILES string of the molecule is CNCCCc1nc(CC2CCCS2(=O)=O)no1. The second kappa shape index (κ2) is 5.79. The third-order valence-corrected chi connectivity index (χ3v) is 5.48. The van der Waals surface area contributed by atoms with Gasteiger partial charge in [-0.25, -0.2) is 8.42 Å². The maximum Gasteiger partial charge on any atom is 0.226 e. The fraction of sp³-hybridized carbons (Fsp3) is 0.818. The van der Waals surface area contributed by atoms with Crippen LogP contribution in [0.25, 0.3) is 0 Å². The fourth-order valence-electron chi connectivity index (χ4n) is 2.18. The van der Waals surface area contributed by atoms with E-state index in [4.69, 9.17) is 4.52 Å². The Labute approximate surface area is 107 Å². The molecule has 0 saturated carbocycles. The summed E-state index contributed by atoms with van der Waals surface area (Å²) < 4.78 is 28.5. The Bertz CT molecular complexity index is 483. The van der Waals surface area contributed by atoms with Gasteiger partial charge in [-0.05, 0) is 32.9 Å². The molecule has 1 atom stereocenters. The number of sulfone groups is 1. The van der Waals surface area contributed by atoms with Crippen molar-refractivity contribution in [1.82, 2.24) is 15.5 Å². The molecule has 1 N–H and O–H groups in total. The van der Waals surface area contributed by atoms with Crippen molar-refractivity contribution in [1.29, 1.82) is 0 Å². The first-order chi connectivity index (χ1) is 8.62. The van der Waals surface area contributed by atoms with E-state index in [-0.39, 0.29) is 5.25 Å². The van der Waals surface area contributed by atoms with Gasteiger partial charge in [0, 0.05) is 12.8 Å². The van der Waals surface area contributed by atoms with E-state index in [0.29, 0.717) is 30.3 Å². The zero-order chi connectivity index (χ0) is 13.0. The van der Waals surface area contributed by atoms with Gasteiger partial charge in [-0.1, -0.05) is 5.16 Å². The Balaban J connectivity index is 1.90. The van der Waals surface area contributed by atoms with E-state index in [9.17, 15) is 8.42 Å². The quantitative estimate of drug-likeness (QED) is 0.752. The normalized spacial score (nSPS) is 22.4. The molecular weight excluding hydrogens is 254 g/mol. The second-order valence-electron chi connectivity index (χ2n) is 4.65. The van der Waals surface area contributed by atoms with E-state index in [1.54, 1.807) is 0 Å². The van der Waals surface area contributed by atoms with Crippen LogP contribution in [0.4, 0.5) is 0 Å². The summed E-state index contributed by atoms with van der Waals surface area (Å²) in [7, 11) is -1.04. The Morgan fingerprint density at radius 2 is 2.33 bits per heavy atom. The standard InChI is InChI=1S/C11H19N3O3S/c1-12-6-2-5-11-13-10(14-17-11)8-9-4-3-7-18(9,15)16/h9,12H,2-8H2,1H3. The highest BCUT2D eigenvalue weighted by Crippen LogP contribution is 2.22. The van der Waals surface area contributed by atoms with Crippen molar-refractivity contribution >= 4 is 9.84 Å². The number of nitrogens with zero attached hydrogens (tertiary/aromatic N) is 2. The second-order valence-corrected chi connectivity index (χ2v) is 7.05. The van der Waals surface area contributed by atoms with Gasteiger partial charge in [-0.2, -0.15) is 4.98 Å². The summed E-state index contributed by atoms with van der Waals surface area (Å²) in [4.78, 5) is 4.24. The van der Waals surface area contributed by atoms with Gasteiger partial charge in [0.15, 0.2) is 15.7 Å². The summed E-state index contributed by atoms with van der Waals surface area (Å²) in [6, 6.07) is 0. The lowest BCUT2D eigenvalue weighted by Crippen LogP contribution is -2.19. The number of nitrogens with one attached hydrogen (secondary N) is 1. The zero-order valence-corrected chi connectivity index (χ0v) is 11.4. The van der Waals surface area contributed by atoms with Gasteiger partial charge in [-0.15, -0.1) is 0 Å². The van der Waals surface area contributed by atoms with Gasteiger partial charge in [0.05, 0.1) is 11.0 Å². The molecule has 1 unspecified atom stereocenters. The number of hydrogen-bond donors (Lipinski definition) is 1. The van der Waals surface area contributed by atoms with Crippen molar-refractivity contribution in [2.24, 2.45) is 0 Å². The average Bonchev–Trinajstić information content (AvgIpc) is 2.88. The topological polar surface area (TPSA) is 85.1 Å².